The molecular weight excluding hydrogens is 226 g/mol. The highest BCUT2D eigenvalue weighted by Gasteiger charge is 2.12. The summed E-state index contributed by atoms with van der Waals surface area (Å²) in [5.74, 6) is 0.785. The summed E-state index contributed by atoms with van der Waals surface area (Å²) in [6.45, 7) is 7.55. The summed E-state index contributed by atoms with van der Waals surface area (Å²) in [5.41, 5.74) is 1.80. The monoisotopic (exact) mass is 247 g/mol. The summed E-state index contributed by atoms with van der Waals surface area (Å²) in [6.07, 6.45) is 2.59. The highest BCUT2D eigenvalue weighted by atomic mass is 16.5. The standard InChI is InChI=1S/C15H21NO2/c1-12-5-6-14(13(2)17)15(11-12)18-10-9-16-7-3-4-8-16/h5-6,11H,3-4,7-10H2,1-2H3. The van der Waals surface area contributed by atoms with E-state index < -0.39 is 0 Å². The van der Waals surface area contributed by atoms with Crippen LogP contribution in [0.2, 0.25) is 0 Å². The fourth-order valence-electron chi connectivity index (χ4n) is 2.33. The molecule has 0 N–H and O–H groups in total. The van der Waals surface area contributed by atoms with Crippen molar-refractivity contribution in [2.24, 2.45) is 0 Å². The van der Waals surface area contributed by atoms with E-state index in [0.29, 0.717) is 12.2 Å². The van der Waals surface area contributed by atoms with Crippen molar-refractivity contribution < 1.29 is 9.53 Å². The Kier molecular flexibility index (Phi) is 4.37. The van der Waals surface area contributed by atoms with Gasteiger partial charge in [-0.25, -0.2) is 0 Å². The lowest BCUT2D eigenvalue weighted by atomic mass is 10.1. The zero-order valence-corrected chi connectivity index (χ0v) is 11.2. The Morgan fingerprint density at radius 2 is 2.06 bits per heavy atom. The maximum atomic E-state index is 11.5. The van der Waals surface area contributed by atoms with Crippen LogP contribution in [0.4, 0.5) is 0 Å². The van der Waals surface area contributed by atoms with E-state index in [4.69, 9.17) is 4.74 Å². The summed E-state index contributed by atoms with van der Waals surface area (Å²) in [6, 6.07) is 5.74. The molecule has 0 bridgehead atoms. The Hall–Kier alpha value is -1.35. The van der Waals surface area contributed by atoms with Crippen LogP contribution in [0.3, 0.4) is 0 Å². The van der Waals surface area contributed by atoms with Crippen molar-refractivity contribution in [1.29, 1.82) is 0 Å². The van der Waals surface area contributed by atoms with Crippen LogP contribution in [0.25, 0.3) is 0 Å². The number of benzene rings is 1. The number of likely N-dealkylation sites (tertiary alicyclic amines) is 1. The van der Waals surface area contributed by atoms with Crippen LogP contribution in [0.5, 0.6) is 5.75 Å². The molecule has 1 saturated heterocycles. The average molecular weight is 247 g/mol. The minimum Gasteiger partial charge on any atom is -0.491 e. The Morgan fingerprint density at radius 1 is 1.33 bits per heavy atom. The number of hydrogen-bond acceptors (Lipinski definition) is 3. The van der Waals surface area contributed by atoms with Crippen molar-refractivity contribution in [1.82, 2.24) is 4.90 Å². The molecule has 0 spiro atoms. The van der Waals surface area contributed by atoms with Crippen LogP contribution in [0, 0.1) is 6.92 Å². The first kappa shape index (κ1) is 13.1. The highest BCUT2D eigenvalue weighted by Crippen LogP contribution is 2.21. The predicted molar refractivity (Wildman–Crippen MR) is 72.4 cm³/mol. The second-order valence-electron chi connectivity index (χ2n) is 4.95. The number of rotatable bonds is 5. The van der Waals surface area contributed by atoms with Gasteiger partial charge in [0.1, 0.15) is 12.4 Å². The number of ether oxygens (including phenoxy) is 1. The summed E-state index contributed by atoms with van der Waals surface area (Å²) < 4.78 is 5.78. The van der Waals surface area contributed by atoms with Gasteiger partial charge in [0.05, 0.1) is 5.56 Å². The molecule has 1 fully saturated rings. The van der Waals surface area contributed by atoms with Crippen molar-refractivity contribution in [3.63, 3.8) is 0 Å². The van der Waals surface area contributed by atoms with Gasteiger partial charge in [-0.15, -0.1) is 0 Å². The first-order valence-electron chi connectivity index (χ1n) is 6.63. The second-order valence-corrected chi connectivity index (χ2v) is 4.95. The van der Waals surface area contributed by atoms with Crippen LogP contribution in [-0.4, -0.2) is 36.9 Å². The van der Waals surface area contributed by atoms with E-state index in [1.807, 2.05) is 25.1 Å². The van der Waals surface area contributed by atoms with Crippen LogP contribution in [0.15, 0.2) is 18.2 Å². The minimum absolute atomic E-state index is 0.0613. The third kappa shape index (κ3) is 3.33. The van der Waals surface area contributed by atoms with E-state index >= 15 is 0 Å². The molecule has 0 atom stereocenters. The van der Waals surface area contributed by atoms with Gasteiger partial charge in [0.2, 0.25) is 0 Å². The molecule has 1 aromatic rings. The fourth-order valence-corrected chi connectivity index (χ4v) is 2.33. The number of Topliss-reactive ketones (excluding diaryl/α,β-unsaturated/α-hetero) is 1. The van der Waals surface area contributed by atoms with Gasteiger partial charge in [-0.1, -0.05) is 6.07 Å². The van der Waals surface area contributed by atoms with Gasteiger partial charge in [0.15, 0.2) is 5.78 Å². The zero-order valence-electron chi connectivity index (χ0n) is 11.2. The largest absolute Gasteiger partial charge is 0.491 e. The predicted octanol–water partition coefficient (Wildman–Crippen LogP) is 2.67. The lowest BCUT2D eigenvalue weighted by molar-refractivity contribution is 0.101. The lowest BCUT2D eigenvalue weighted by Gasteiger charge is -2.16. The van der Waals surface area contributed by atoms with E-state index in [1.165, 1.54) is 25.9 Å². The van der Waals surface area contributed by atoms with Gasteiger partial charge in [0, 0.05) is 6.54 Å². The number of nitrogens with zero attached hydrogens (tertiary/aromatic N) is 1. The van der Waals surface area contributed by atoms with Gasteiger partial charge in [-0.05, 0) is 57.5 Å². The molecule has 3 heteroatoms. The SMILES string of the molecule is CC(=O)c1ccc(C)cc1OCCN1CCCC1. The average Bonchev–Trinajstić information content (AvgIpc) is 2.82. The van der Waals surface area contributed by atoms with E-state index in [2.05, 4.69) is 4.90 Å². The second kappa shape index (κ2) is 6.01. The first-order valence-corrected chi connectivity index (χ1v) is 6.63. The molecule has 98 valence electrons. The van der Waals surface area contributed by atoms with Crippen LogP contribution in [0.1, 0.15) is 35.7 Å². The van der Waals surface area contributed by atoms with E-state index in [-0.39, 0.29) is 5.78 Å². The molecule has 2 rings (SSSR count). The number of carbonyl (C=O) groups is 1. The smallest absolute Gasteiger partial charge is 0.163 e. The van der Waals surface area contributed by atoms with E-state index in [0.717, 1.165) is 17.9 Å². The van der Waals surface area contributed by atoms with E-state index in [9.17, 15) is 4.79 Å². The molecule has 18 heavy (non-hydrogen) atoms. The molecule has 0 aliphatic carbocycles. The van der Waals surface area contributed by atoms with Crippen molar-refractivity contribution in [2.45, 2.75) is 26.7 Å². The van der Waals surface area contributed by atoms with E-state index in [1.54, 1.807) is 6.92 Å². The molecule has 0 amide bonds. The van der Waals surface area contributed by atoms with Crippen molar-refractivity contribution in [2.75, 3.05) is 26.2 Å². The van der Waals surface area contributed by atoms with Gasteiger partial charge in [-0.3, -0.25) is 9.69 Å². The molecule has 0 radical (unpaired) electrons. The Balaban J connectivity index is 1.94. The molecule has 1 aliphatic rings. The molecule has 0 saturated carbocycles. The molecule has 1 heterocycles. The third-order valence-corrected chi connectivity index (χ3v) is 3.38. The Bertz CT molecular complexity index is 423. The van der Waals surface area contributed by atoms with Gasteiger partial charge in [-0.2, -0.15) is 0 Å². The molecular formula is C15H21NO2. The molecule has 3 nitrogen and oxygen atoms in total. The van der Waals surface area contributed by atoms with Crippen molar-refractivity contribution >= 4 is 5.78 Å². The van der Waals surface area contributed by atoms with Crippen molar-refractivity contribution in [3.8, 4) is 5.75 Å². The molecule has 1 aliphatic heterocycles. The molecule has 1 aromatic carbocycles. The highest BCUT2D eigenvalue weighted by molar-refractivity contribution is 5.96. The van der Waals surface area contributed by atoms with Crippen LogP contribution < -0.4 is 4.74 Å². The van der Waals surface area contributed by atoms with Crippen LogP contribution in [-0.2, 0) is 0 Å². The maximum absolute atomic E-state index is 11.5. The minimum atomic E-state index is 0.0613. The normalized spacial score (nSPS) is 15.9. The lowest BCUT2D eigenvalue weighted by Crippen LogP contribution is -2.25. The first-order chi connectivity index (χ1) is 8.66. The van der Waals surface area contributed by atoms with Gasteiger partial charge >= 0.3 is 0 Å². The quantitative estimate of drug-likeness (QED) is 0.749. The van der Waals surface area contributed by atoms with Gasteiger partial charge in [0.25, 0.3) is 0 Å². The zero-order chi connectivity index (χ0) is 13.0. The Labute approximate surface area is 109 Å². The molecule has 0 unspecified atom stereocenters. The number of aryl methyl sites for hydroxylation is 1. The summed E-state index contributed by atoms with van der Waals surface area (Å²) in [7, 11) is 0. The maximum Gasteiger partial charge on any atom is 0.163 e. The summed E-state index contributed by atoms with van der Waals surface area (Å²) >= 11 is 0. The Morgan fingerprint density at radius 3 is 2.72 bits per heavy atom. The molecule has 0 aromatic heterocycles. The summed E-state index contributed by atoms with van der Waals surface area (Å²) in [4.78, 5) is 13.9. The number of carbonyl (C=O) groups excluding carboxylic acids is 1. The topological polar surface area (TPSA) is 29.5 Å². The van der Waals surface area contributed by atoms with Crippen molar-refractivity contribution in [3.05, 3.63) is 29.3 Å². The third-order valence-electron chi connectivity index (χ3n) is 3.38. The van der Waals surface area contributed by atoms with Crippen LogP contribution >= 0.6 is 0 Å². The fraction of sp³-hybridized carbons (Fsp3) is 0.533. The number of ketones is 1. The summed E-state index contributed by atoms with van der Waals surface area (Å²) in [5, 5.41) is 0. The van der Waals surface area contributed by atoms with Gasteiger partial charge < -0.3 is 4.74 Å². The number of hydrogen-bond donors (Lipinski definition) is 0.